The van der Waals surface area contributed by atoms with Crippen molar-refractivity contribution in [3.05, 3.63) is 83.9 Å². The fraction of sp³-hybridized carbons (Fsp3) is 0.333. The number of allylic oxidation sites excluding steroid dienone is 1. The van der Waals surface area contributed by atoms with E-state index in [9.17, 15) is 22.8 Å². The number of ether oxygens (including phenoxy) is 2. The largest absolute Gasteiger partial charge is 0.459 e. The minimum Gasteiger partial charge on any atom is -0.459 e. The molecule has 3 atom stereocenters. The maximum Gasteiger partial charge on any atom is 0.432 e. The van der Waals surface area contributed by atoms with E-state index in [1.807, 2.05) is 0 Å². The number of halogens is 3. The lowest BCUT2D eigenvalue weighted by Gasteiger charge is -2.34. The molecule has 0 aliphatic carbocycles. The van der Waals surface area contributed by atoms with Gasteiger partial charge in [0.2, 0.25) is 0 Å². The molecule has 0 spiro atoms. The highest BCUT2D eigenvalue weighted by Crippen LogP contribution is 2.43. The number of ketones is 1. The third-order valence-corrected chi connectivity index (χ3v) is 5.00. The zero-order valence-corrected chi connectivity index (χ0v) is 17.6. The molecule has 2 rings (SSSR count). The standard InChI is InChI=1S/C24H25F3O4/c1-4-11-17(2)21(16-20(28)18-12-7-5-8-13-18)31-22(29)23(30-3,24(25,26)27)19-14-9-6-10-15-19/h4-15,17,21H,16H2,1-3H3/b11-4+/t17-,21+,23?/m1/s1. The third-order valence-electron chi connectivity index (χ3n) is 5.00. The highest BCUT2D eigenvalue weighted by atomic mass is 19.4. The SMILES string of the molecule is C/C=C/[C@@H](C)[C@H](CC(=O)c1ccccc1)OC(=O)C(OC)(c1ccccc1)C(F)(F)F. The van der Waals surface area contributed by atoms with Crippen LogP contribution < -0.4 is 0 Å². The fourth-order valence-corrected chi connectivity index (χ4v) is 3.29. The lowest BCUT2D eigenvalue weighted by atomic mass is 9.91. The van der Waals surface area contributed by atoms with Gasteiger partial charge in [-0.25, -0.2) is 4.79 Å². The molecule has 0 aliphatic rings. The first-order valence-electron chi connectivity index (χ1n) is 9.77. The van der Waals surface area contributed by atoms with Gasteiger partial charge in [0, 0.05) is 30.6 Å². The van der Waals surface area contributed by atoms with Crippen LogP contribution in [0.5, 0.6) is 0 Å². The summed E-state index contributed by atoms with van der Waals surface area (Å²) in [5.74, 6) is -2.46. The van der Waals surface area contributed by atoms with Crippen LogP contribution in [0, 0.1) is 5.92 Å². The van der Waals surface area contributed by atoms with Crippen molar-refractivity contribution in [1.29, 1.82) is 0 Å². The number of rotatable bonds is 9. The van der Waals surface area contributed by atoms with E-state index in [0.29, 0.717) is 5.56 Å². The smallest absolute Gasteiger partial charge is 0.432 e. The molecule has 7 heteroatoms. The Kier molecular flexibility index (Phi) is 8.16. The van der Waals surface area contributed by atoms with Gasteiger partial charge in [0.15, 0.2) is 5.78 Å². The molecule has 0 heterocycles. The highest BCUT2D eigenvalue weighted by molar-refractivity contribution is 5.96. The summed E-state index contributed by atoms with van der Waals surface area (Å²) in [5.41, 5.74) is -3.33. The average molecular weight is 434 g/mol. The Balaban J connectivity index is 2.41. The Hall–Kier alpha value is -2.93. The maximum absolute atomic E-state index is 14.1. The minimum absolute atomic E-state index is 0.270. The average Bonchev–Trinajstić information content (AvgIpc) is 2.74. The van der Waals surface area contributed by atoms with E-state index in [-0.39, 0.29) is 12.2 Å². The van der Waals surface area contributed by atoms with E-state index in [2.05, 4.69) is 0 Å². The molecule has 0 N–H and O–H groups in total. The highest BCUT2D eigenvalue weighted by Gasteiger charge is 2.64. The number of carbonyl (C=O) groups excluding carboxylic acids is 2. The molecule has 0 aliphatic heterocycles. The summed E-state index contributed by atoms with van der Waals surface area (Å²) in [6.45, 7) is 3.40. The van der Waals surface area contributed by atoms with Gasteiger partial charge in [0.25, 0.3) is 5.60 Å². The first-order valence-corrected chi connectivity index (χ1v) is 9.77. The van der Waals surface area contributed by atoms with Gasteiger partial charge in [-0.2, -0.15) is 13.2 Å². The Morgan fingerprint density at radius 2 is 1.55 bits per heavy atom. The summed E-state index contributed by atoms with van der Waals surface area (Å²) in [4.78, 5) is 25.6. The van der Waals surface area contributed by atoms with Crippen LogP contribution in [0.4, 0.5) is 13.2 Å². The maximum atomic E-state index is 14.1. The molecular weight excluding hydrogens is 409 g/mol. The van der Waals surface area contributed by atoms with E-state index in [1.165, 1.54) is 18.2 Å². The van der Waals surface area contributed by atoms with Crippen LogP contribution in [0.15, 0.2) is 72.8 Å². The fourth-order valence-electron chi connectivity index (χ4n) is 3.29. The van der Waals surface area contributed by atoms with Crippen LogP contribution >= 0.6 is 0 Å². The summed E-state index contributed by atoms with van der Waals surface area (Å²) in [7, 11) is 0.807. The zero-order valence-electron chi connectivity index (χ0n) is 17.6. The van der Waals surface area contributed by atoms with Crippen molar-refractivity contribution in [2.24, 2.45) is 5.92 Å². The van der Waals surface area contributed by atoms with Gasteiger partial charge in [-0.1, -0.05) is 79.7 Å². The van der Waals surface area contributed by atoms with Gasteiger partial charge in [-0.15, -0.1) is 0 Å². The molecule has 166 valence electrons. The molecule has 4 nitrogen and oxygen atoms in total. The van der Waals surface area contributed by atoms with Crippen molar-refractivity contribution >= 4 is 11.8 Å². The van der Waals surface area contributed by atoms with Crippen molar-refractivity contribution in [2.45, 2.75) is 38.1 Å². The van der Waals surface area contributed by atoms with E-state index in [1.54, 1.807) is 56.3 Å². The number of esters is 1. The molecule has 1 unspecified atom stereocenters. The van der Waals surface area contributed by atoms with Crippen molar-refractivity contribution in [2.75, 3.05) is 7.11 Å². The molecule has 0 amide bonds. The van der Waals surface area contributed by atoms with Crippen LogP contribution in [0.1, 0.15) is 36.2 Å². The van der Waals surface area contributed by atoms with E-state index < -0.39 is 35.3 Å². The first kappa shape index (κ1) is 24.3. The molecule has 0 radical (unpaired) electrons. The van der Waals surface area contributed by atoms with Gasteiger partial charge < -0.3 is 9.47 Å². The van der Waals surface area contributed by atoms with Crippen molar-refractivity contribution in [3.8, 4) is 0 Å². The second kappa shape index (κ2) is 10.4. The summed E-state index contributed by atoms with van der Waals surface area (Å²) < 4.78 is 52.5. The summed E-state index contributed by atoms with van der Waals surface area (Å²) in [6, 6.07) is 14.9. The van der Waals surface area contributed by atoms with E-state index in [4.69, 9.17) is 9.47 Å². The molecule has 0 saturated carbocycles. The number of methoxy groups -OCH3 is 1. The lowest BCUT2D eigenvalue weighted by molar-refractivity contribution is -0.278. The molecule has 2 aromatic carbocycles. The predicted octanol–water partition coefficient (Wildman–Crippen LogP) is 5.49. The molecule has 0 bridgehead atoms. The molecule has 0 saturated heterocycles. The second-order valence-electron chi connectivity index (χ2n) is 7.07. The number of hydrogen-bond donors (Lipinski definition) is 0. The van der Waals surface area contributed by atoms with Crippen LogP contribution in [0.25, 0.3) is 0 Å². The van der Waals surface area contributed by atoms with Gasteiger partial charge in [-0.3, -0.25) is 4.79 Å². The van der Waals surface area contributed by atoms with E-state index >= 15 is 0 Å². The summed E-state index contributed by atoms with van der Waals surface area (Å²) in [5, 5.41) is 0. The van der Waals surface area contributed by atoms with Crippen LogP contribution in [-0.4, -0.2) is 31.1 Å². The van der Waals surface area contributed by atoms with Crippen molar-refractivity contribution < 1.29 is 32.2 Å². The normalized spacial score (nSPS) is 15.8. The molecule has 31 heavy (non-hydrogen) atoms. The van der Waals surface area contributed by atoms with Crippen molar-refractivity contribution in [3.63, 3.8) is 0 Å². The van der Waals surface area contributed by atoms with Gasteiger partial charge >= 0.3 is 12.1 Å². The Labute approximate surface area is 179 Å². The van der Waals surface area contributed by atoms with Crippen molar-refractivity contribution in [1.82, 2.24) is 0 Å². The number of hydrogen-bond acceptors (Lipinski definition) is 4. The molecule has 0 aromatic heterocycles. The molecule has 0 fully saturated rings. The Morgan fingerprint density at radius 1 is 1.00 bits per heavy atom. The lowest BCUT2D eigenvalue weighted by Crippen LogP contribution is -2.53. The number of Topliss-reactive ketones (excluding diaryl/α,β-unsaturated/α-hetero) is 1. The number of carbonyl (C=O) groups is 2. The number of alkyl halides is 3. The predicted molar refractivity (Wildman–Crippen MR) is 110 cm³/mol. The number of benzene rings is 2. The quantitative estimate of drug-likeness (QED) is 0.298. The van der Waals surface area contributed by atoms with Crippen LogP contribution in [-0.2, 0) is 19.9 Å². The van der Waals surface area contributed by atoms with Gasteiger partial charge in [-0.05, 0) is 6.92 Å². The second-order valence-corrected chi connectivity index (χ2v) is 7.07. The third kappa shape index (κ3) is 5.41. The van der Waals surface area contributed by atoms with Gasteiger partial charge in [0.1, 0.15) is 6.10 Å². The van der Waals surface area contributed by atoms with E-state index in [0.717, 1.165) is 19.2 Å². The van der Waals surface area contributed by atoms with Crippen LogP contribution in [0.3, 0.4) is 0 Å². The summed E-state index contributed by atoms with van der Waals surface area (Å²) in [6.07, 6.45) is -3.12. The minimum atomic E-state index is -5.09. The van der Waals surface area contributed by atoms with Crippen LogP contribution in [0.2, 0.25) is 0 Å². The summed E-state index contributed by atoms with van der Waals surface area (Å²) >= 11 is 0. The zero-order chi connectivity index (χ0) is 23.1. The molecule has 2 aromatic rings. The monoisotopic (exact) mass is 434 g/mol. The first-order chi connectivity index (χ1) is 14.7. The van der Waals surface area contributed by atoms with Gasteiger partial charge in [0.05, 0.1) is 0 Å². The Morgan fingerprint density at radius 3 is 2.03 bits per heavy atom. The topological polar surface area (TPSA) is 52.6 Å². The Bertz CT molecular complexity index is 894. The molecular formula is C24H25F3O4.